The fraction of sp³-hybridized carbons (Fsp3) is 0.321. The van der Waals surface area contributed by atoms with E-state index in [1.165, 1.54) is 79.1 Å². The molecular weight excluding hydrogens is 780 g/mol. The molecule has 0 radical (unpaired) electrons. The van der Waals surface area contributed by atoms with Crippen LogP contribution in [-0.4, -0.2) is 112 Å². The van der Waals surface area contributed by atoms with Crippen LogP contribution in [0, 0.1) is 0 Å². The van der Waals surface area contributed by atoms with Gasteiger partial charge in [0.05, 0.1) is 53.9 Å². The number of nitrogens with one attached hydrogen (secondary N) is 2. The van der Waals surface area contributed by atoms with E-state index in [2.05, 4.69) is 29.9 Å². The van der Waals surface area contributed by atoms with Crippen molar-refractivity contribution in [3.63, 3.8) is 0 Å². The molecule has 0 saturated carbocycles. The Morgan fingerprint density at radius 2 is 1.02 bits per heavy atom. The highest BCUT2D eigenvalue weighted by Crippen LogP contribution is 2.36. The summed E-state index contributed by atoms with van der Waals surface area (Å²) in [5, 5.41) is 10.6. The summed E-state index contributed by atoms with van der Waals surface area (Å²) in [5.41, 5.74) is -1.32. The van der Waals surface area contributed by atoms with Crippen molar-refractivity contribution < 1.29 is 72.7 Å². The van der Waals surface area contributed by atoms with E-state index in [-0.39, 0.29) is 58.2 Å². The van der Waals surface area contributed by atoms with Crippen molar-refractivity contribution in [2.45, 2.75) is 17.6 Å². The number of hydrogen-bond donors (Lipinski definition) is 3. The van der Waals surface area contributed by atoms with Gasteiger partial charge in [-0.15, -0.1) is 9.97 Å². The van der Waals surface area contributed by atoms with Gasteiger partial charge in [0.15, 0.2) is 5.82 Å². The fourth-order valence-electron chi connectivity index (χ4n) is 3.96. The molecule has 2 heterocycles. The van der Waals surface area contributed by atoms with Crippen LogP contribution in [0.1, 0.15) is 33.7 Å². The van der Waals surface area contributed by atoms with Crippen molar-refractivity contribution in [1.29, 1.82) is 0 Å². The number of ketones is 1. The van der Waals surface area contributed by atoms with Crippen molar-refractivity contribution >= 4 is 37.2 Å². The summed E-state index contributed by atoms with van der Waals surface area (Å²) in [4.78, 5) is 35.5. The van der Waals surface area contributed by atoms with Gasteiger partial charge in [0.2, 0.25) is 11.6 Å². The minimum Gasteiger partial charge on any atom is -0.495 e. The van der Waals surface area contributed by atoms with Gasteiger partial charge in [0.1, 0.15) is 23.3 Å². The van der Waals surface area contributed by atoms with E-state index in [1.54, 1.807) is 9.44 Å². The number of ether oxygens (including phenoxy) is 6. The summed E-state index contributed by atoms with van der Waals surface area (Å²) in [7, 11) is -2.66. The van der Waals surface area contributed by atoms with Gasteiger partial charge in [0.25, 0.3) is 20.0 Å². The number of methoxy groups -OCH3 is 6. The summed E-state index contributed by atoms with van der Waals surface area (Å²) >= 11 is 0. The Morgan fingerprint density at radius 1 is 0.611 bits per heavy atom. The van der Waals surface area contributed by atoms with E-state index in [4.69, 9.17) is 28.4 Å². The molecule has 0 saturated heterocycles. The number of carbonyl (C=O) groups is 1. The summed E-state index contributed by atoms with van der Waals surface area (Å²) in [6.45, 7) is 0. The molecule has 20 nitrogen and oxygen atoms in total. The first-order valence-electron chi connectivity index (χ1n) is 14.3. The normalized spacial score (nSPS) is 11.9. The zero-order valence-corrected chi connectivity index (χ0v) is 30.3. The average Bonchev–Trinajstić information content (AvgIpc) is 3.16. The minimum absolute atomic E-state index is 0.0937. The van der Waals surface area contributed by atoms with Crippen molar-refractivity contribution in [3.8, 4) is 35.5 Å². The zero-order valence-electron chi connectivity index (χ0n) is 28.6. The molecule has 3 N–H and O–H groups in total. The van der Waals surface area contributed by atoms with E-state index in [0.29, 0.717) is 0 Å². The number of anilines is 2. The summed E-state index contributed by atoms with van der Waals surface area (Å²) in [6.07, 6.45) is -1.64. The van der Waals surface area contributed by atoms with Crippen LogP contribution in [0.25, 0.3) is 0 Å². The molecule has 0 amide bonds. The van der Waals surface area contributed by atoms with Gasteiger partial charge >= 0.3 is 35.6 Å². The number of aliphatic hydroxyl groups excluding tert-OH is 1. The molecule has 2 aromatic heterocycles. The van der Waals surface area contributed by atoms with Crippen molar-refractivity contribution in [2.75, 3.05) is 52.1 Å². The van der Waals surface area contributed by atoms with Crippen LogP contribution >= 0.6 is 0 Å². The average molecular weight is 811 g/mol. The topological polar surface area (TPSA) is 262 Å². The van der Waals surface area contributed by atoms with Gasteiger partial charge < -0.3 is 33.5 Å². The lowest BCUT2D eigenvalue weighted by atomic mass is 10.1. The number of aliphatic hydroxyl groups is 1. The Hall–Kier alpha value is -5.89. The predicted molar refractivity (Wildman–Crippen MR) is 176 cm³/mol. The SMILES string of the molecule is COc1nc(OC)nc(C(=O)c2cccc(OC)c2NS(=O)(=O)C(F)F)n1.COc1nc(OC)nc(C(O)c2cccc(OC)c2NS(=O)(=O)C(F)F)n1. The van der Waals surface area contributed by atoms with Crippen LogP contribution in [0.3, 0.4) is 0 Å². The van der Waals surface area contributed by atoms with Gasteiger partial charge in [0, 0.05) is 5.56 Å². The van der Waals surface area contributed by atoms with Crippen LogP contribution in [0.15, 0.2) is 36.4 Å². The van der Waals surface area contributed by atoms with Crippen molar-refractivity contribution in [2.24, 2.45) is 0 Å². The third-order valence-corrected chi connectivity index (χ3v) is 8.32. The lowest BCUT2D eigenvalue weighted by Crippen LogP contribution is -2.23. The molecule has 54 heavy (non-hydrogen) atoms. The highest BCUT2D eigenvalue weighted by atomic mass is 32.2. The van der Waals surface area contributed by atoms with Gasteiger partial charge in [-0.2, -0.15) is 37.5 Å². The first-order chi connectivity index (χ1) is 25.5. The number of carbonyl (C=O) groups excluding carboxylic acids is 1. The molecule has 1 atom stereocenters. The van der Waals surface area contributed by atoms with Crippen molar-refractivity contribution in [3.05, 3.63) is 59.2 Å². The maximum atomic E-state index is 12.8. The number of sulfonamides is 2. The molecule has 294 valence electrons. The number of alkyl halides is 4. The van der Waals surface area contributed by atoms with Crippen LogP contribution in [-0.2, 0) is 20.0 Å². The minimum atomic E-state index is -5.07. The lowest BCUT2D eigenvalue weighted by molar-refractivity contribution is 0.102. The highest BCUT2D eigenvalue weighted by Gasteiger charge is 2.31. The molecule has 2 aromatic carbocycles. The number of para-hydroxylation sites is 2. The highest BCUT2D eigenvalue weighted by molar-refractivity contribution is 7.93. The van der Waals surface area contributed by atoms with E-state index in [1.807, 2.05) is 0 Å². The number of hydrogen-bond acceptors (Lipinski definition) is 18. The Labute approximate surface area is 303 Å². The predicted octanol–water partition coefficient (Wildman–Crippen LogP) is 2.04. The molecule has 0 spiro atoms. The third-order valence-electron chi connectivity index (χ3n) is 6.41. The first kappa shape index (κ1) is 42.5. The standard InChI is InChI=1S/C14H16F2N4O6S.C14H14F2N4O6S/c2*1-24-8-6-4-5-7(9(8)20-27(22,23)12(15)16)10(21)11-17-13(25-2)19-14(18-11)26-3/h4-6,10,12,20-21H,1-3H3;4-6,12,20H,1-3H3. The second-order valence-corrected chi connectivity index (χ2v) is 13.0. The molecular formula is C28H30F4N8O12S2. The number of benzene rings is 2. The van der Waals surface area contributed by atoms with Crippen LogP contribution in [0.2, 0.25) is 0 Å². The summed E-state index contributed by atoms with van der Waals surface area (Å²) in [5.74, 6) is -9.27. The molecule has 4 aromatic rings. The Balaban J connectivity index is 0.000000290. The number of aromatic nitrogens is 6. The van der Waals surface area contributed by atoms with Gasteiger partial charge in [-0.3, -0.25) is 14.2 Å². The maximum Gasteiger partial charge on any atom is 0.355 e. The molecule has 0 fully saturated rings. The molecule has 0 bridgehead atoms. The molecule has 0 aliphatic rings. The van der Waals surface area contributed by atoms with Gasteiger partial charge in [-0.1, -0.05) is 18.2 Å². The molecule has 0 aliphatic heterocycles. The Bertz CT molecular complexity index is 2130. The van der Waals surface area contributed by atoms with E-state index in [0.717, 1.165) is 0 Å². The fourth-order valence-corrected chi connectivity index (χ4v) is 5.14. The number of rotatable bonds is 16. The van der Waals surface area contributed by atoms with Crippen molar-refractivity contribution in [1.82, 2.24) is 29.9 Å². The summed E-state index contributed by atoms with van der Waals surface area (Å²) < 4.78 is 130. The maximum absolute atomic E-state index is 12.8. The largest absolute Gasteiger partial charge is 0.495 e. The van der Waals surface area contributed by atoms with Gasteiger partial charge in [-0.05, 0) is 18.2 Å². The van der Waals surface area contributed by atoms with Crippen LogP contribution < -0.4 is 37.9 Å². The van der Waals surface area contributed by atoms with Gasteiger partial charge in [-0.25, -0.2) is 16.8 Å². The Kier molecular flexibility index (Phi) is 14.4. The molecule has 0 aliphatic carbocycles. The van der Waals surface area contributed by atoms with Crippen LogP contribution in [0.4, 0.5) is 28.9 Å². The molecule has 4 rings (SSSR count). The van der Waals surface area contributed by atoms with E-state index >= 15 is 0 Å². The monoisotopic (exact) mass is 810 g/mol. The number of halogens is 4. The number of nitrogens with zero attached hydrogens (tertiary/aromatic N) is 6. The Morgan fingerprint density at radius 3 is 1.44 bits per heavy atom. The quantitative estimate of drug-likeness (QED) is 0.108. The molecule has 26 heteroatoms. The lowest BCUT2D eigenvalue weighted by Gasteiger charge is -2.18. The van der Waals surface area contributed by atoms with E-state index in [9.17, 15) is 44.3 Å². The smallest absolute Gasteiger partial charge is 0.355 e. The van der Waals surface area contributed by atoms with Crippen LogP contribution in [0.5, 0.6) is 35.5 Å². The second kappa shape index (κ2) is 18.2. The third kappa shape index (κ3) is 10.2. The summed E-state index contributed by atoms with van der Waals surface area (Å²) in [6, 6.07) is 7.07. The molecule has 1 unspecified atom stereocenters. The second-order valence-electron chi connectivity index (χ2n) is 9.65. The zero-order chi connectivity index (χ0) is 40.4. The first-order valence-corrected chi connectivity index (χ1v) is 17.4. The van der Waals surface area contributed by atoms with E-state index < -0.39 is 55.0 Å².